The van der Waals surface area contributed by atoms with Crippen LogP contribution in [0.5, 0.6) is 0 Å². The van der Waals surface area contributed by atoms with Gasteiger partial charge in [-0.2, -0.15) is 0 Å². The van der Waals surface area contributed by atoms with E-state index in [0.717, 1.165) is 17.9 Å². The molecule has 17 heavy (non-hydrogen) atoms. The first-order valence-electron chi connectivity index (χ1n) is 6.39. The fraction of sp³-hybridized carbons (Fsp3) is 0.571. The first kappa shape index (κ1) is 11.1. The molecule has 92 valence electrons. The third kappa shape index (κ3) is 2.34. The molecule has 1 N–H and O–H groups in total. The minimum atomic E-state index is -0.491. The number of fused-ring (bicyclic) bond motifs is 2. The van der Waals surface area contributed by atoms with E-state index in [4.69, 9.17) is 0 Å². The minimum Gasteiger partial charge on any atom is -0.310 e. The lowest BCUT2D eigenvalue weighted by atomic mass is 9.95. The Morgan fingerprint density at radius 1 is 1.06 bits per heavy atom. The van der Waals surface area contributed by atoms with Gasteiger partial charge in [-0.3, -0.25) is 0 Å². The summed E-state index contributed by atoms with van der Waals surface area (Å²) in [5.74, 6) is 0.699. The maximum Gasteiger partial charge on any atom is 0.126 e. The van der Waals surface area contributed by atoms with Gasteiger partial charge in [0.15, 0.2) is 0 Å². The molecule has 2 saturated carbocycles. The fourth-order valence-corrected chi connectivity index (χ4v) is 3.46. The van der Waals surface area contributed by atoms with E-state index in [9.17, 15) is 8.78 Å². The van der Waals surface area contributed by atoms with Gasteiger partial charge in [-0.15, -0.1) is 0 Å². The molecule has 3 heteroatoms. The van der Waals surface area contributed by atoms with Gasteiger partial charge < -0.3 is 5.32 Å². The van der Waals surface area contributed by atoms with Crippen LogP contribution in [0.4, 0.5) is 8.78 Å². The van der Waals surface area contributed by atoms with Gasteiger partial charge in [0.05, 0.1) is 0 Å². The van der Waals surface area contributed by atoms with Gasteiger partial charge in [-0.25, -0.2) is 8.78 Å². The minimum absolute atomic E-state index is 0.491. The van der Waals surface area contributed by atoms with Gasteiger partial charge in [0.2, 0.25) is 0 Å². The highest BCUT2D eigenvalue weighted by Gasteiger charge is 2.38. The summed E-state index contributed by atoms with van der Waals surface area (Å²) in [5, 5.41) is 3.45. The second kappa shape index (κ2) is 4.37. The third-order valence-electron chi connectivity index (χ3n) is 4.23. The van der Waals surface area contributed by atoms with E-state index in [2.05, 4.69) is 5.32 Å². The van der Waals surface area contributed by atoms with Crippen LogP contribution in [0.3, 0.4) is 0 Å². The zero-order valence-electron chi connectivity index (χ0n) is 9.76. The Hall–Kier alpha value is -0.960. The summed E-state index contributed by atoms with van der Waals surface area (Å²) in [5.41, 5.74) is 0.699. The number of hydrogen-bond acceptors (Lipinski definition) is 1. The van der Waals surface area contributed by atoms with E-state index in [0.29, 0.717) is 18.2 Å². The number of nitrogens with one attached hydrogen (secondary N) is 1. The van der Waals surface area contributed by atoms with Crippen molar-refractivity contribution >= 4 is 0 Å². The van der Waals surface area contributed by atoms with Gasteiger partial charge in [0, 0.05) is 18.7 Å². The van der Waals surface area contributed by atoms with Crippen molar-refractivity contribution in [3.8, 4) is 0 Å². The summed E-state index contributed by atoms with van der Waals surface area (Å²) >= 11 is 0. The molecule has 1 aromatic rings. The molecule has 3 rings (SSSR count). The topological polar surface area (TPSA) is 12.0 Å². The normalized spacial score (nSPS) is 31.1. The second-order valence-corrected chi connectivity index (χ2v) is 5.44. The van der Waals surface area contributed by atoms with Crippen LogP contribution in [-0.2, 0) is 6.54 Å². The highest BCUT2D eigenvalue weighted by molar-refractivity contribution is 5.17. The zero-order chi connectivity index (χ0) is 11.8. The molecule has 2 aliphatic carbocycles. The summed E-state index contributed by atoms with van der Waals surface area (Å²) in [6.07, 6.45) is 5.27. The number of halogens is 2. The Labute approximate surface area is 100 Å². The average Bonchev–Trinajstić information content (AvgIpc) is 2.86. The maximum absolute atomic E-state index is 13.0. The molecule has 3 atom stereocenters. The van der Waals surface area contributed by atoms with E-state index < -0.39 is 11.6 Å². The lowest BCUT2D eigenvalue weighted by Crippen LogP contribution is -2.33. The molecule has 0 amide bonds. The molecule has 0 aliphatic heterocycles. The third-order valence-corrected chi connectivity index (χ3v) is 4.23. The van der Waals surface area contributed by atoms with Crippen LogP contribution in [0.2, 0.25) is 0 Å². The second-order valence-electron chi connectivity index (χ2n) is 5.44. The Bertz CT molecular complexity index is 398. The molecule has 2 aliphatic rings. The predicted octanol–water partition coefficient (Wildman–Crippen LogP) is 3.24. The molecule has 2 fully saturated rings. The molecule has 0 aromatic heterocycles. The van der Waals surface area contributed by atoms with Crippen LogP contribution < -0.4 is 5.32 Å². The fourth-order valence-electron chi connectivity index (χ4n) is 3.46. The molecule has 2 bridgehead atoms. The Kier molecular flexibility index (Phi) is 2.87. The zero-order valence-corrected chi connectivity index (χ0v) is 9.76. The summed E-state index contributed by atoms with van der Waals surface area (Å²) in [7, 11) is 0. The van der Waals surface area contributed by atoms with E-state index in [1.807, 2.05) is 0 Å². The van der Waals surface area contributed by atoms with Crippen molar-refractivity contribution in [2.45, 2.75) is 38.3 Å². The Morgan fingerprint density at radius 3 is 2.41 bits per heavy atom. The molecule has 1 nitrogen and oxygen atoms in total. The van der Waals surface area contributed by atoms with E-state index >= 15 is 0 Å². The van der Waals surface area contributed by atoms with Crippen LogP contribution in [0.15, 0.2) is 18.2 Å². The van der Waals surface area contributed by atoms with Crippen molar-refractivity contribution in [3.63, 3.8) is 0 Å². The van der Waals surface area contributed by atoms with Crippen LogP contribution in [0.25, 0.3) is 0 Å². The first-order valence-corrected chi connectivity index (χ1v) is 6.39. The number of benzene rings is 1. The smallest absolute Gasteiger partial charge is 0.126 e. The average molecular weight is 237 g/mol. The van der Waals surface area contributed by atoms with Gasteiger partial charge in [-0.1, -0.05) is 6.42 Å². The molecular weight excluding hydrogens is 220 g/mol. The van der Waals surface area contributed by atoms with Crippen molar-refractivity contribution in [2.75, 3.05) is 0 Å². The molecule has 0 spiro atoms. The molecule has 3 unspecified atom stereocenters. The van der Waals surface area contributed by atoms with Gasteiger partial charge >= 0.3 is 0 Å². The van der Waals surface area contributed by atoms with Crippen molar-refractivity contribution < 1.29 is 8.78 Å². The maximum atomic E-state index is 13.0. The first-order chi connectivity index (χ1) is 8.20. The lowest BCUT2D eigenvalue weighted by Gasteiger charge is -2.23. The standard InChI is InChI=1S/C14H17F2N/c15-12-4-10(5-13(16)7-12)8-17-14-6-9-1-2-11(14)3-9/h4-5,7,9,11,14,17H,1-3,6,8H2. The predicted molar refractivity (Wildman–Crippen MR) is 62.4 cm³/mol. The molecular formula is C14H17F2N. The Balaban J connectivity index is 1.60. The van der Waals surface area contributed by atoms with Crippen molar-refractivity contribution in [2.24, 2.45) is 11.8 Å². The van der Waals surface area contributed by atoms with Gasteiger partial charge in [0.25, 0.3) is 0 Å². The van der Waals surface area contributed by atoms with Crippen molar-refractivity contribution in [1.29, 1.82) is 0 Å². The molecule has 0 radical (unpaired) electrons. The summed E-state index contributed by atoms with van der Waals surface area (Å²) in [6.45, 7) is 0.572. The van der Waals surface area contributed by atoms with Crippen molar-refractivity contribution in [1.82, 2.24) is 5.32 Å². The summed E-state index contributed by atoms with van der Waals surface area (Å²) in [6, 6.07) is 4.29. The van der Waals surface area contributed by atoms with Crippen LogP contribution in [-0.4, -0.2) is 6.04 Å². The largest absolute Gasteiger partial charge is 0.310 e. The lowest BCUT2D eigenvalue weighted by molar-refractivity contribution is 0.350. The van der Waals surface area contributed by atoms with Crippen molar-refractivity contribution in [3.05, 3.63) is 35.4 Å². The number of rotatable bonds is 3. The van der Waals surface area contributed by atoms with E-state index in [-0.39, 0.29) is 0 Å². The van der Waals surface area contributed by atoms with Gasteiger partial charge in [-0.05, 0) is 48.8 Å². The molecule has 1 aromatic carbocycles. The van der Waals surface area contributed by atoms with Crippen LogP contribution >= 0.6 is 0 Å². The quantitative estimate of drug-likeness (QED) is 0.851. The van der Waals surface area contributed by atoms with Gasteiger partial charge in [0.1, 0.15) is 11.6 Å². The summed E-state index contributed by atoms with van der Waals surface area (Å²) in [4.78, 5) is 0. The van der Waals surface area contributed by atoms with E-state index in [1.54, 1.807) is 0 Å². The number of hydrogen-bond donors (Lipinski definition) is 1. The molecule has 0 heterocycles. The monoisotopic (exact) mass is 237 g/mol. The summed E-state index contributed by atoms with van der Waals surface area (Å²) < 4.78 is 26.0. The SMILES string of the molecule is Fc1cc(F)cc(CNC2CC3CCC2C3)c1. The molecule has 0 saturated heterocycles. The highest BCUT2D eigenvalue weighted by atomic mass is 19.1. The highest BCUT2D eigenvalue weighted by Crippen LogP contribution is 2.44. The van der Waals surface area contributed by atoms with E-state index in [1.165, 1.54) is 37.8 Å². The van der Waals surface area contributed by atoms with Crippen LogP contribution in [0, 0.1) is 23.5 Å². The Morgan fingerprint density at radius 2 is 1.82 bits per heavy atom. The van der Waals surface area contributed by atoms with Crippen LogP contribution in [0.1, 0.15) is 31.2 Å².